The topological polar surface area (TPSA) is 69.1 Å². The van der Waals surface area contributed by atoms with Gasteiger partial charge in [-0.05, 0) is 25.7 Å². The van der Waals surface area contributed by atoms with Crippen LogP contribution < -0.4 is 5.73 Å². The van der Waals surface area contributed by atoms with Gasteiger partial charge < -0.3 is 5.73 Å². The molecule has 0 bridgehead atoms. The van der Waals surface area contributed by atoms with Crippen LogP contribution in [0.3, 0.4) is 0 Å². The predicted molar refractivity (Wildman–Crippen MR) is 65.0 cm³/mol. The Hall–Kier alpha value is -1.01. The molecule has 2 N–H and O–H groups in total. The van der Waals surface area contributed by atoms with Crippen LogP contribution in [0.25, 0.3) is 4.96 Å². The second kappa shape index (κ2) is 3.26. The summed E-state index contributed by atoms with van der Waals surface area (Å²) < 4.78 is 1.92. The largest absolute Gasteiger partial charge is 0.319 e. The Morgan fingerprint density at radius 1 is 1.24 bits per heavy atom. The van der Waals surface area contributed by atoms with Crippen LogP contribution in [0.5, 0.6) is 0 Å². The number of rotatable bonds is 2. The van der Waals surface area contributed by atoms with E-state index in [4.69, 9.17) is 5.73 Å². The minimum atomic E-state index is -0.202. The van der Waals surface area contributed by atoms with E-state index in [1.54, 1.807) is 11.3 Å². The summed E-state index contributed by atoms with van der Waals surface area (Å²) in [6.07, 6.45) is 6.98. The van der Waals surface area contributed by atoms with Crippen molar-refractivity contribution in [3.63, 3.8) is 0 Å². The molecule has 0 unspecified atom stereocenters. The average molecular weight is 249 g/mol. The Kier molecular flexibility index (Phi) is 1.91. The normalized spacial score (nSPS) is 23.6. The van der Waals surface area contributed by atoms with Crippen LogP contribution in [0.1, 0.15) is 55.3 Å². The number of nitrogens with zero attached hydrogens (tertiary/aromatic N) is 4. The van der Waals surface area contributed by atoms with E-state index in [1.165, 1.54) is 25.7 Å². The summed E-state index contributed by atoms with van der Waals surface area (Å²) in [4.78, 5) is 0.902. The van der Waals surface area contributed by atoms with E-state index in [0.717, 1.165) is 28.6 Å². The third-order valence-corrected chi connectivity index (χ3v) is 5.00. The minimum Gasteiger partial charge on any atom is -0.319 e. The van der Waals surface area contributed by atoms with Crippen molar-refractivity contribution in [2.75, 3.05) is 0 Å². The maximum atomic E-state index is 6.43. The molecule has 17 heavy (non-hydrogen) atoms. The van der Waals surface area contributed by atoms with Gasteiger partial charge >= 0.3 is 0 Å². The Bertz CT molecular complexity index is 561. The first-order valence-corrected chi connectivity index (χ1v) is 7.09. The van der Waals surface area contributed by atoms with Crippen molar-refractivity contribution in [2.24, 2.45) is 5.73 Å². The van der Waals surface area contributed by atoms with Crippen molar-refractivity contribution in [3.05, 3.63) is 10.8 Å². The smallest absolute Gasteiger partial charge is 0.234 e. The lowest BCUT2D eigenvalue weighted by Crippen LogP contribution is -2.33. The number of hydrogen-bond acceptors (Lipinski definition) is 5. The molecule has 6 heteroatoms. The van der Waals surface area contributed by atoms with E-state index in [0.29, 0.717) is 5.92 Å². The van der Waals surface area contributed by atoms with Gasteiger partial charge in [0, 0.05) is 5.92 Å². The Balaban J connectivity index is 1.81. The van der Waals surface area contributed by atoms with Gasteiger partial charge in [-0.15, -0.1) is 10.2 Å². The van der Waals surface area contributed by atoms with Gasteiger partial charge in [0.2, 0.25) is 4.96 Å². The molecule has 0 amide bonds. The van der Waals surface area contributed by atoms with Gasteiger partial charge in [0.15, 0.2) is 5.82 Å². The first-order valence-electron chi connectivity index (χ1n) is 6.28. The number of aromatic nitrogens is 4. The van der Waals surface area contributed by atoms with Gasteiger partial charge in [0.25, 0.3) is 0 Å². The number of nitrogens with two attached hydrogens (primary N) is 1. The molecular formula is C11H15N5S. The lowest BCUT2D eigenvalue weighted by atomic mass is 10.0. The summed E-state index contributed by atoms with van der Waals surface area (Å²) in [7, 11) is 0. The van der Waals surface area contributed by atoms with Crippen LogP contribution >= 0.6 is 11.3 Å². The highest BCUT2D eigenvalue weighted by Crippen LogP contribution is 2.41. The summed E-state index contributed by atoms with van der Waals surface area (Å²) in [5, 5.41) is 14.2. The van der Waals surface area contributed by atoms with Gasteiger partial charge in [0.05, 0.1) is 5.54 Å². The lowest BCUT2D eigenvalue weighted by molar-refractivity contribution is 0.452. The van der Waals surface area contributed by atoms with Gasteiger partial charge in [-0.2, -0.15) is 9.61 Å². The fourth-order valence-corrected chi connectivity index (χ4v) is 3.65. The molecule has 0 atom stereocenters. The Morgan fingerprint density at radius 2 is 2.00 bits per heavy atom. The molecule has 2 aromatic rings. The quantitative estimate of drug-likeness (QED) is 0.881. The molecule has 0 aromatic carbocycles. The summed E-state index contributed by atoms with van der Waals surface area (Å²) in [6.45, 7) is 0. The van der Waals surface area contributed by atoms with Crippen molar-refractivity contribution in [3.8, 4) is 0 Å². The van der Waals surface area contributed by atoms with Gasteiger partial charge in [-0.25, -0.2) is 0 Å². The van der Waals surface area contributed by atoms with E-state index in [-0.39, 0.29) is 5.54 Å². The molecule has 0 spiro atoms. The summed E-state index contributed by atoms with van der Waals surface area (Å²) in [6, 6.07) is 0. The van der Waals surface area contributed by atoms with E-state index in [2.05, 4.69) is 15.3 Å². The molecule has 0 saturated heterocycles. The fourth-order valence-electron chi connectivity index (χ4n) is 2.65. The van der Waals surface area contributed by atoms with Crippen molar-refractivity contribution < 1.29 is 0 Å². The van der Waals surface area contributed by atoms with Crippen LogP contribution in [0.15, 0.2) is 0 Å². The van der Waals surface area contributed by atoms with E-state index >= 15 is 0 Å². The predicted octanol–water partition coefficient (Wildman–Crippen LogP) is 1.79. The molecule has 2 aliphatic carbocycles. The zero-order valence-corrected chi connectivity index (χ0v) is 10.4. The fraction of sp³-hybridized carbons (Fsp3) is 0.727. The third kappa shape index (κ3) is 1.43. The molecule has 5 nitrogen and oxygen atoms in total. The van der Waals surface area contributed by atoms with Crippen molar-refractivity contribution >= 4 is 16.3 Å². The maximum Gasteiger partial charge on any atom is 0.234 e. The Morgan fingerprint density at radius 3 is 2.71 bits per heavy atom. The Labute approximate surface area is 103 Å². The number of fused-ring (bicyclic) bond motifs is 1. The number of hydrogen-bond donors (Lipinski definition) is 1. The van der Waals surface area contributed by atoms with Crippen molar-refractivity contribution in [1.82, 2.24) is 19.8 Å². The van der Waals surface area contributed by atoms with Gasteiger partial charge in [-0.3, -0.25) is 0 Å². The molecule has 4 rings (SSSR count). The van der Waals surface area contributed by atoms with Crippen LogP contribution in [-0.4, -0.2) is 19.8 Å². The van der Waals surface area contributed by atoms with Gasteiger partial charge in [0.1, 0.15) is 5.01 Å². The summed E-state index contributed by atoms with van der Waals surface area (Å²) in [5.74, 6) is 1.61. The minimum absolute atomic E-state index is 0.202. The van der Waals surface area contributed by atoms with Crippen molar-refractivity contribution in [1.29, 1.82) is 0 Å². The molecule has 0 radical (unpaired) electrons. The first kappa shape index (κ1) is 9.96. The molecule has 2 saturated carbocycles. The zero-order valence-electron chi connectivity index (χ0n) is 9.59. The van der Waals surface area contributed by atoms with Crippen LogP contribution in [0.2, 0.25) is 0 Å². The van der Waals surface area contributed by atoms with Crippen LogP contribution in [-0.2, 0) is 5.54 Å². The van der Waals surface area contributed by atoms with Crippen LogP contribution in [0.4, 0.5) is 0 Å². The monoisotopic (exact) mass is 249 g/mol. The second-order valence-corrected chi connectivity index (χ2v) is 6.25. The van der Waals surface area contributed by atoms with E-state index in [1.807, 2.05) is 4.52 Å². The molecule has 2 aromatic heterocycles. The third-order valence-electron chi connectivity index (χ3n) is 3.88. The summed E-state index contributed by atoms with van der Waals surface area (Å²) >= 11 is 1.61. The van der Waals surface area contributed by atoms with E-state index < -0.39 is 0 Å². The van der Waals surface area contributed by atoms with Gasteiger partial charge in [-0.1, -0.05) is 24.2 Å². The molecule has 2 fully saturated rings. The molecule has 2 aliphatic rings. The second-order valence-electron chi connectivity index (χ2n) is 5.30. The van der Waals surface area contributed by atoms with Crippen molar-refractivity contribution in [2.45, 2.75) is 50.0 Å². The SMILES string of the molecule is NC1(c2nn3c(C4CC4)nnc3s2)CCCC1. The molecule has 90 valence electrons. The van der Waals surface area contributed by atoms with Crippen LogP contribution in [0, 0.1) is 0 Å². The standard InChI is InChI=1S/C11H15N5S/c12-11(5-1-2-6-11)9-15-16-8(7-3-4-7)13-14-10(16)17-9/h7H,1-6,12H2. The van der Waals surface area contributed by atoms with E-state index in [9.17, 15) is 0 Å². The molecular weight excluding hydrogens is 234 g/mol. The maximum absolute atomic E-state index is 6.43. The molecule has 0 aliphatic heterocycles. The lowest BCUT2D eigenvalue weighted by Gasteiger charge is -2.19. The highest BCUT2D eigenvalue weighted by molar-refractivity contribution is 7.16. The zero-order chi connectivity index (χ0) is 11.5. The average Bonchev–Trinajstić information content (AvgIpc) is 2.76. The molecule has 2 heterocycles. The highest BCUT2D eigenvalue weighted by Gasteiger charge is 2.36. The first-order chi connectivity index (χ1) is 8.26. The highest BCUT2D eigenvalue weighted by atomic mass is 32.1. The summed E-state index contributed by atoms with van der Waals surface area (Å²) in [5.41, 5.74) is 6.23.